The molecule has 1 aliphatic rings. The van der Waals surface area contributed by atoms with Crippen LogP contribution in [0.15, 0.2) is 33.8 Å². The SMILES string of the molecule is CN=C(NCCc1nc(C)no1)N1CCN(c2ccccc2Cl)CC1.I. The molecule has 1 saturated heterocycles. The number of para-hydroxylation sites is 1. The van der Waals surface area contributed by atoms with E-state index in [9.17, 15) is 0 Å². The number of guanidine groups is 1. The standard InChI is InChI=1S/C17H23ClN6O.HI/c1-13-21-16(25-22-13)7-8-20-17(19-2)24-11-9-23(10-12-24)15-6-4-3-5-14(15)18;/h3-6H,7-12H2,1-2H3,(H,19,20);1H. The number of aryl methyl sites for hydroxylation is 1. The van der Waals surface area contributed by atoms with Gasteiger partial charge in [-0.2, -0.15) is 4.98 Å². The molecule has 142 valence electrons. The number of aromatic nitrogens is 2. The van der Waals surface area contributed by atoms with E-state index in [2.05, 4.69) is 36.3 Å². The van der Waals surface area contributed by atoms with E-state index >= 15 is 0 Å². The molecule has 1 N–H and O–H groups in total. The molecule has 0 amide bonds. The van der Waals surface area contributed by atoms with Crippen LogP contribution < -0.4 is 10.2 Å². The molecule has 1 aromatic carbocycles. The van der Waals surface area contributed by atoms with Gasteiger partial charge in [0.2, 0.25) is 5.89 Å². The molecular formula is C17H24ClIN6O. The van der Waals surface area contributed by atoms with Crippen molar-refractivity contribution in [2.75, 3.05) is 44.7 Å². The van der Waals surface area contributed by atoms with Gasteiger partial charge in [0.15, 0.2) is 11.8 Å². The molecule has 0 saturated carbocycles. The van der Waals surface area contributed by atoms with Gasteiger partial charge in [-0.25, -0.2) is 0 Å². The van der Waals surface area contributed by atoms with Crippen LogP contribution in [0.3, 0.4) is 0 Å². The number of piperazine rings is 1. The van der Waals surface area contributed by atoms with Crippen LogP contribution in [0.25, 0.3) is 0 Å². The molecule has 0 bridgehead atoms. The van der Waals surface area contributed by atoms with Crippen LogP contribution in [0.5, 0.6) is 0 Å². The molecular weight excluding hydrogens is 467 g/mol. The van der Waals surface area contributed by atoms with E-state index < -0.39 is 0 Å². The van der Waals surface area contributed by atoms with Crippen LogP contribution in [-0.2, 0) is 6.42 Å². The lowest BCUT2D eigenvalue weighted by Crippen LogP contribution is -2.52. The Kier molecular flexibility index (Phi) is 7.95. The second-order valence-electron chi connectivity index (χ2n) is 5.88. The van der Waals surface area contributed by atoms with E-state index in [0.29, 0.717) is 24.7 Å². The number of halogens is 2. The summed E-state index contributed by atoms with van der Waals surface area (Å²) in [6, 6.07) is 7.98. The van der Waals surface area contributed by atoms with Gasteiger partial charge < -0.3 is 19.6 Å². The van der Waals surface area contributed by atoms with Gasteiger partial charge in [-0.05, 0) is 19.1 Å². The zero-order valence-corrected chi connectivity index (χ0v) is 18.1. The predicted octanol–water partition coefficient (Wildman–Crippen LogP) is 2.59. The predicted molar refractivity (Wildman–Crippen MR) is 115 cm³/mol. The van der Waals surface area contributed by atoms with Crippen molar-refractivity contribution in [3.8, 4) is 0 Å². The molecule has 7 nitrogen and oxygen atoms in total. The Morgan fingerprint density at radius 3 is 2.62 bits per heavy atom. The summed E-state index contributed by atoms with van der Waals surface area (Å²) >= 11 is 6.30. The summed E-state index contributed by atoms with van der Waals surface area (Å²) in [5.74, 6) is 2.20. The number of rotatable bonds is 4. The van der Waals surface area contributed by atoms with Crippen molar-refractivity contribution in [1.29, 1.82) is 0 Å². The van der Waals surface area contributed by atoms with E-state index in [1.165, 1.54) is 0 Å². The monoisotopic (exact) mass is 490 g/mol. The van der Waals surface area contributed by atoms with Crippen LogP contribution in [0.2, 0.25) is 5.02 Å². The van der Waals surface area contributed by atoms with Crippen molar-refractivity contribution < 1.29 is 4.52 Å². The lowest BCUT2D eigenvalue weighted by Gasteiger charge is -2.38. The summed E-state index contributed by atoms with van der Waals surface area (Å²) in [5.41, 5.74) is 1.10. The smallest absolute Gasteiger partial charge is 0.228 e. The van der Waals surface area contributed by atoms with Crippen LogP contribution in [-0.4, -0.2) is 60.8 Å². The minimum atomic E-state index is 0. The van der Waals surface area contributed by atoms with Crippen LogP contribution in [0.1, 0.15) is 11.7 Å². The molecule has 0 aliphatic carbocycles. The van der Waals surface area contributed by atoms with Gasteiger partial charge in [0.25, 0.3) is 0 Å². The molecule has 9 heteroatoms. The maximum absolute atomic E-state index is 6.30. The van der Waals surface area contributed by atoms with E-state index in [1.807, 2.05) is 25.1 Å². The summed E-state index contributed by atoms with van der Waals surface area (Å²) in [5, 5.41) is 7.96. The molecule has 0 atom stereocenters. The molecule has 2 aromatic rings. The van der Waals surface area contributed by atoms with E-state index in [1.54, 1.807) is 7.05 Å². The van der Waals surface area contributed by atoms with Crippen LogP contribution in [0.4, 0.5) is 5.69 Å². The number of nitrogens with one attached hydrogen (secondary N) is 1. The summed E-state index contributed by atoms with van der Waals surface area (Å²) < 4.78 is 5.13. The van der Waals surface area contributed by atoms with Crippen molar-refractivity contribution in [2.24, 2.45) is 4.99 Å². The minimum absolute atomic E-state index is 0. The molecule has 0 unspecified atom stereocenters. The molecule has 26 heavy (non-hydrogen) atoms. The number of hydrogen-bond acceptors (Lipinski definition) is 5. The first-order chi connectivity index (χ1) is 12.2. The van der Waals surface area contributed by atoms with Crippen LogP contribution >= 0.6 is 35.6 Å². The molecule has 1 fully saturated rings. The molecule has 1 aliphatic heterocycles. The summed E-state index contributed by atoms with van der Waals surface area (Å²) in [4.78, 5) is 13.2. The fraction of sp³-hybridized carbons (Fsp3) is 0.471. The van der Waals surface area contributed by atoms with Gasteiger partial charge in [-0.1, -0.05) is 28.9 Å². The second kappa shape index (κ2) is 9.96. The number of nitrogens with zero attached hydrogens (tertiary/aromatic N) is 5. The molecule has 1 aromatic heterocycles. The second-order valence-corrected chi connectivity index (χ2v) is 6.29. The zero-order chi connectivity index (χ0) is 17.6. The summed E-state index contributed by atoms with van der Waals surface area (Å²) in [7, 11) is 1.81. The lowest BCUT2D eigenvalue weighted by molar-refractivity contribution is 0.363. The number of aliphatic imine (C=N–C) groups is 1. The third-order valence-corrected chi connectivity index (χ3v) is 4.50. The Morgan fingerprint density at radius 1 is 1.27 bits per heavy atom. The van der Waals surface area contributed by atoms with E-state index in [4.69, 9.17) is 16.1 Å². The lowest BCUT2D eigenvalue weighted by atomic mass is 10.2. The first-order valence-electron chi connectivity index (χ1n) is 8.41. The third kappa shape index (κ3) is 5.23. The summed E-state index contributed by atoms with van der Waals surface area (Å²) in [6.45, 7) is 6.13. The van der Waals surface area contributed by atoms with Crippen molar-refractivity contribution in [2.45, 2.75) is 13.3 Å². The van der Waals surface area contributed by atoms with Gasteiger partial charge in [0.05, 0.1) is 10.7 Å². The normalized spacial score (nSPS) is 15.0. The maximum atomic E-state index is 6.30. The Balaban J connectivity index is 0.00000243. The average molecular weight is 491 g/mol. The van der Waals surface area contributed by atoms with Gasteiger partial charge in [0.1, 0.15) is 0 Å². The number of benzene rings is 1. The van der Waals surface area contributed by atoms with Crippen molar-refractivity contribution in [3.63, 3.8) is 0 Å². The summed E-state index contributed by atoms with van der Waals surface area (Å²) in [6.07, 6.45) is 0.680. The number of anilines is 1. The van der Waals surface area contributed by atoms with E-state index in [0.717, 1.165) is 42.8 Å². The van der Waals surface area contributed by atoms with Crippen molar-refractivity contribution in [1.82, 2.24) is 20.4 Å². The number of hydrogen-bond donors (Lipinski definition) is 1. The Labute approximate surface area is 175 Å². The molecule has 3 rings (SSSR count). The highest BCUT2D eigenvalue weighted by Gasteiger charge is 2.21. The quantitative estimate of drug-likeness (QED) is 0.404. The Morgan fingerprint density at radius 2 is 2.00 bits per heavy atom. The highest BCUT2D eigenvalue weighted by atomic mass is 127. The first kappa shape index (κ1) is 20.8. The largest absolute Gasteiger partial charge is 0.367 e. The molecule has 2 heterocycles. The fourth-order valence-corrected chi connectivity index (χ4v) is 3.18. The highest BCUT2D eigenvalue weighted by Crippen LogP contribution is 2.25. The van der Waals surface area contributed by atoms with Gasteiger partial charge in [-0.15, -0.1) is 24.0 Å². The average Bonchev–Trinajstić information content (AvgIpc) is 3.05. The van der Waals surface area contributed by atoms with Crippen LogP contribution in [0, 0.1) is 6.92 Å². The van der Waals surface area contributed by atoms with Gasteiger partial charge in [-0.3, -0.25) is 4.99 Å². The van der Waals surface area contributed by atoms with Gasteiger partial charge >= 0.3 is 0 Å². The first-order valence-corrected chi connectivity index (χ1v) is 8.79. The zero-order valence-electron chi connectivity index (χ0n) is 15.0. The Hall–Kier alpha value is -1.55. The topological polar surface area (TPSA) is 69.8 Å². The maximum Gasteiger partial charge on any atom is 0.228 e. The molecule has 0 spiro atoms. The molecule has 0 radical (unpaired) electrons. The minimum Gasteiger partial charge on any atom is -0.367 e. The van der Waals surface area contributed by atoms with E-state index in [-0.39, 0.29) is 24.0 Å². The Bertz CT molecular complexity index is 730. The fourth-order valence-electron chi connectivity index (χ4n) is 2.92. The van der Waals surface area contributed by atoms with Crippen molar-refractivity contribution in [3.05, 3.63) is 41.0 Å². The highest BCUT2D eigenvalue weighted by molar-refractivity contribution is 14.0. The van der Waals surface area contributed by atoms with Crippen molar-refractivity contribution >= 4 is 47.2 Å². The third-order valence-electron chi connectivity index (χ3n) is 4.18. The van der Waals surface area contributed by atoms with Gasteiger partial charge in [0, 0.05) is 46.2 Å².